The maximum absolute atomic E-state index is 14.4. The smallest absolute Gasteiger partial charge is 0.408 e. The maximum atomic E-state index is 14.4. The van der Waals surface area contributed by atoms with Crippen LogP contribution in [0.15, 0.2) is 18.2 Å². The van der Waals surface area contributed by atoms with Crippen LogP contribution < -0.4 is 10.6 Å². The second-order valence-corrected chi connectivity index (χ2v) is 12.5. The van der Waals surface area contributed by atoms with Crippen LogP contribution in [-0.2, 0) is 14.3 Å². The van der Waals surface area contributed by atoms with Gasteiger partial charge in [0.25, 0.3) is 0 Å². The summed E-state index contributed by atoms with van der Waals surface area (Å²) in [7, 11) is 0. The average Bonchev–Trinajstić information content (AvgIpc) is 2.85. The molecule has 40 heavy (non-hydrogen) atoms. The average molecular weight is 560 g/mol. The summed E-state index contributed by atoms with van der Waals surface area (Å²) >= 11 is 0. The number of nitrogens with zero attached hydrogens (tertiary/aromatic N) is 1. The second kappa shape index (κ2) is 18.0. The topological polar surface area (TPSA) is 87.7 Å². The van der Waals surface area contributed by atoms with Crippen molar-refractivity contribution < 1.29 is 19.1 Å². The Balaban J connectivity index is 3.51. The molecule has 2 atom stereocenters. The quantitative estimate of drug-likeness (QED) is 0.195. The van der Waals surface area contributed by atoms with E-state index >= 15 is 0 Å². The molecule has 1 aromatic carbocycles. The standard InChI is InChI=1S/C33H57N3O4/c1-10-12-14-15-17-22-36(31(38)28(23-24(3)4)35-32(39)40-33(7,8)9)29(30(37)34-21-16-13-11-2)27-20-18-19-25(5)26(27)6/h18-20,24,28-29H,10-17,21-23H2,1-9H3,(H,34,37)(H,35,39). The number of unbranched alkanes of at least 4 members (excludes halogenated alkanes) is 6. The van der Waals surface area contributed by atoms with Crippen LogP contribution in [0.25, 0.3) is 0 Å². The highest BCUT2D eigenvalue weighted by Gasteiger charge is 2.37. The Bertz CT molecular complexity index is 923. The number of hydrogen-bond acceptors (Lipinski definition) is 4. The first-order valence-electron chi connectivity index (χ1n) is 15.5. The zero-order chi connectivity index (χ0) is 30.3. The van der Waals surface area contributed by atoms with Crippen molar-refractivity contribution in [1.29, 1.82) is 0 Å². The highest BCUT2D eigenvalue weighted by molar-refractivity contribution is 5.92. The van der Waals surface area contributed by atoms with E-state index < -0.39 is 23.8 Å². The number of nitrogens with one attached hydrogen (secondary N) is 2. The molecule has 7 nitrogen and oxygen atoms in total. The second-order valence-electron chi connectivity index (χ2n) is 12.5. The van der Waals surface area contributed by atoms with Gasteiger partial charge in [-0.1, -0.05) is 84.4 Å². The van der Waals surface area contributed by atoms with Gasteiger partial charge in [-0.25, -0.2) is 4.79 Å². The number of rotatable bonds is 17. The lowest BCUT2D eigenvalue weighted by Gasteiger charge is -2.36. The summed E-state index contributed by atoms with van der Waals surface area (Å²) < 4.78 is 5.51. The maximum Gasteiger partial charge on any atom is 0.408 e. The molecule has 3 amide bonds. The van der Waals surface area contributed by atoms with Gasteiger partial charge in [-0.15, -0.1) is 0 Å². The molecule has 2 N–H and O–H groups in total. The summed E-state index contributed by atoms with van der Waals surface area (Å²) in [6, 6.07) is 4.34. The molecule has 0 saturated carbocycles. The van der Waals surface area contributed by atoms with Crippen molar-refractivity contribution in [2.75, 3.05) is 13.1 Å². The molecule has 1 rings (SSSR count). The lowest BCUT2D eigenvalue weighted by Crippen LogP contribution is -2.53. The predicted molar refractivity (Wildman–Crippen MR) is 164 cm³/mol. The SMILES string of the molecule is CCCCCCCN(C(=O)C(CC(C)C)NC(=O)OC(C)(C)C)C(C(=O)NCCCCC)c1cccc(C)c1C. The van der Waals surface area contributed by atoms with Crippen LogP contribution in [0.1, 0.15) is 129 Å². The number of alkyl carbamates (subject to hydrolysis) is 1. The van der Waals surface area contributed by atoms with Gasteiger partial charge in [0.05, 0.1) is 0 Å². The lowest BCUT2D eigenvalue weighted by atomic mass is 9.94. The third-order valence-electron chi connectivity index (χ3n) is 7.06. The molecule has 0 fully saturated rings. The van der Waals surface area contributed by atoms with E-state index in [-0.39, 0.29) is 17.7 Å². The van der Waals surface area contributed by atoms with Crippen molar-refractivity contribution >= 4 is 17.9 Å². The first-order valence-corrected chi connectivity index (χ1v) is 15.5. The number of hydrogen-bond donors (Lipinski definition) is 2. The van der Waals surface area contributed by atoms with Crippen LogP contribution in [0.2, 0.25) is 0 Å². The molecule has 0 radical (unpaired) electrons. The van der Waals surface area contributed by atoms with Crippen LogP contribution in [0, 0.1) is 19.8 Å². The number of amides is 3. The Morgan fingerprint density at radius 3 is 2.15 bits per heavy atom. The van der Waals surface area contributed by atoms with Gasteiger partial charge in [-0.05, 0) is 76.5 Å². The van der Waals surface area contributed by atoms with Gasteiger partial charge in [0.15, 0.2) is 0 Å². The largest absolute Gasteiger partial charge is 0.444 e. The van der Waals surface area contributed by atoms with Crippen LogP contribution in [0.4, 0.5) is 4.79 Å². The summed E-state index contributed by atoms with van der Waals surface area (Å²) in [6.07, 6.45) is 7.93. The van der Waals surface area contributed by atoms with E-state index in [4.69, 9.17) is 4.74 Å². The van der Waals surface area contributed by atoms with Crippen molar-refractivity contribution in [2.45, 2.75) is 138 Å². The van der Waals surface area contributed by atoms with E-state index in [0.717, 1.165) is 68.1 Å². The summed E-state index contributed by atoms with van der Waals surface area (Å²) in [5.41, 5.74) is 2.21. The van der Waals surface area contributed by atoms with Gasteiger partial charge in [-0.2, -0.15) is 0 Å². The summed E-state index contributed by atoms with van der Waals surface area (Å²) in [6.45, 7) is 18.8. The zero-order valence-electron chi connectivity index (χ0n) is 26.8. The van der Waals surface area contributed by atoms with Gasteiger partial charge in [-0.3, -0.25) is 9.59 Å². The molecular formula is C33H57N3O4. The zero-order valence-corrected chi connectivity index (χ0v) is 26.8. The molecule has 0 saturated heterocycles. The lowest BCUT2D eigenvalue weighted by molar-refractivity contribution is -0.143. The van der Waals surface area contributed by atoms with Crippen LogP contribution in [-0.4, -0.2) is 47.5 Å². The highest BCUT2D eigenvalue weighted by atomic mass is 16.6. The third-order valence-corrected chi connectivity index (χ3v) is 7.06. The Morgan fingerprint density at radius 1 is 0.925 bits per heavy atom. The van der Waals surface area contributed by atoms with Gasteiger partial charge < -0.3 is 20.3 Å². The van der Waals surface area contributed by atoms with Crippen molar-refractivity contribution in [3.05, 3.63) is 34.9 Å². The fourth-order valence-corrected chi connectivity index (χ4v) is 4.80. The number of carbonyl (C=O) groups excluding carboxylic acids is 3. The molecule has 7 heteroatoms. The van der Waals surface area contributed by atoms with Crippen molar-refractivity contribution in [2.24, 2.45) is 5.92 Å². The molecule has 0 aliphatic heterocycles. The van der Waals surface area contributed by atoms with Crippen molar-refractivity contribution in [1.82, 2.24) is 15.5 Å². The molecule has 0 aromatic heterocycles. The molecule has 0 aliphatic rings. The molecule has 0 heterocycles. The predicted octanol–water partition coefficient (Wildman–Crippen LogP) is 7.39. The Labute approximate surface area is 244 Å². The fourth-order valence-electron chi connectivity index (χ4n) is 4.80. The van der Waals surface area contributed by atoms with E-state index in [1.54, 1.807) is 25.7 Å². The Hall–Kier alpha value is -2.57. The first-order chi connectivity index (χ1) is 18.8. The number of ether oxygens (including phenoxy) is 1. The molecular weight excluding hydrogens is 502 g/mol. The van der Waals surface area contributed by atoms with Gasteiger partial charge in [0.2, 0.25) is 11.8 Å². The minimum atomic E-state index is -0.800. The molecule has 0 aliphatic carbocycles. The summed E-state index contributed by atoms with van der Waals surface area (Å²) in [5, 5.41) is 5.96. The van der Waals surface area contributed by atoms with Crippen LogP contribution >= 0.6 is 0 Å². The number of benzene rings is 1. The van der Waals surface area contributed by atoms with Crippen LogP contribution in [0.5, 0.6) is 0 Å². The Morgan fingerprint density at radius 2 is 1.55 bits per heavy atom. The number of carbonyl (C=O) groups is 3. The van der Waals surface area contributed by atoms with Gasteiger partial charge in [0.1, 0.15) is 17.7 Å². The molecule has 0 bridgehead atoms. The monoisotopic (exact) mass is 559 g/mol. The van der Waals surface area contributed by atoms with Gasteiger partial charge >= 0.3 is 6.09 Å². The van der Waals surface area contributed by atoms with Gasteiger partial charge in [0, 0.05) is 13.1 Å². The van der Waals surface area contributed by atoms with E-state index in [9.17, 15) is 14.4 Å². The summed E-state index contributed by atoms with van der Waals surface area (Å²) in [5.74, 6) is -0.269. The van der Waals surface area contributed by atoms with E-state index in [1.807, 2.05) is 45.9 Å². The van der Waals surface area contributed by atoms with E-state index in [1.165, 1.54) is 0 Å². The fraction of sp³-hybridized carbons (Fsp3) is 0.727. The highest BCUT2D eigenvalue weighted by Crippen LogP contribution is 2.28. The molecule has 0 spiro atoms. The number of aryl methyl sites for hydroxylation is 1. The third kappa shape index (κ3) is 12.7. The normalized spacial score (nSPS) is 13.1. The van der Waals surface area contributed by atoms with E-state index in [2.05, 4.69) is 24.5 Å². The Kier molecular flexibility index (Phi) is 15.9. The minimum Gasteiger partial charge on any atom is -0.444 e. The van der Waals surface area contributed by atoms with E-state index in [0.29, 0.717) is 19.5 Å². The van der Waals surface area contributed by atoms with Crippen molar-refractivity contribution in [3.63, 3.8) is 0 Å². The molecule has 1 aromatic rings. The first kappa shape index (κ1) is 35.5. The molecule has 2 unspecified atom stereocenters. The van der Waals surface area contributed by atoms with Crippen LogP contribution in [0.3, 0.4) is 0 Å². The summed E-state index contributed by atoms with van der Waals surface area (Å²) in [4.78, 5) is 42.8. The molecule has 228 valence electrons. The minimum absolute atomic E-state index is 0.150. The van der Waals surface area contributed by atoms with Crippen molar-refractivity contribution in [3.8, 4) is 0 Å².